The molecule has 0 fully saturated rings. The second kappa shape index (κ2) is 4.65. The zero-order valence-electron chi connectivity index (χ0n) is 10.6. The molecule has 0 aliphatic carbocycles. The van der Waals surface area contributed by atoms with Crippen LogP contribution in [0, 0.1) is 0 Å². The highest BCUT2D eigenvalue weighted by atomic mass is 16.1. The van der Waals surface area contributed by atoms with Crippen molar-refractivity contribution in [2.24, 2.45) is 4.99 Å². The number of fused-ring (bicyclic) bond motifs is 3. The van der Waals surface area contributed by atoms with Gasteiger partial charge in [-0.1, -0.05) is 42.5 Å². The molecule has 3 aromatic rings. The third-order valence-electron chi connectivity index (χ3n) is 3.24. The summed E-state index contributed by atoms with van der Waals surface area (Å²) in [6, 6.07) is 18.1. The first-order chi connectivity index (χ1) is 9.29. The van der Waals surface area contributed by atoms with Gasteiger partial charge >= 0.3 is 0 Å². The monoisotopic (exact) mass is 247 g/mol. The van der Waals surface area contributed by atoms with Gasteiger partial charge in [-0.3, -0.25) is 4.79 Å². The van der Waals surface area contributed by atoms with Crippen molar-refractivity contribution in [2.75, 3.05) is 0 Å². The largest absolute Gasteiger partial charge is 0.276 e. The summed E-state index contributed by atoms with van der Waals surface area (Å²) in [5, 5.41) is 4.64. The molecule has 0 saturated carbocycles. The molecule has 0 heterocycles. The molecule has 0 spiro atoms. The van der Waals surface area contributed by atoms with Gasteiger partial charge in [0.25, 0.3) is 5.91 Å². The Bertz CT molecular complexity index is 803. The van der Waals surface area contributed by atoms with Crippen LogP contribution in [0.2, 0.25) is 0 Å². The Kier molecular flexibility index (Phi) is 2.84. The van der Waals surface area contributed by atoms with Crippen molar-refractivity contribution >= 4 is 33.7 Å². The average molecular weight is 247 g/mol. The summed E-state index contributed by atoms with van der Waals surface area (Å²) in [6.07, 6.45) is 1.52. The maximum absolute atomic E-state index is 11.8. The first-order valence-corrected chi connectivity index (χ1v) is 6.24. The van der Waals surface area contributed by atoms with Crippen LogP contribution in [0.15, 0.2) is 59.6 Å². The Morgan fingerprint density at radius 3 is 2.53 bits per heavy atom. The molecule has 19 heavy (non-hydrogen) atoms. The van der Waals surface area contributed by atoms with Crippen molar-refractivity contribution in [3.63, 3.8) is 0 Å². The molecule has 2 heteroatoms. The van der Waals surface area contributed by atoms with Gasteiger partial charge in [0.05, 0.1) is 0 Å². The van der Waals surface area contributed by atoms with Crippen LogP contribution >= 0.6 is 0 Å². The predicted octanol–water partition coefficient (Wildman–Crippen LogP) is 4.22. The summed E-state index contributed by atoms with van der Waals surface area (Å²) >= 11 is 0. The lowest BCUT2D eigenvalue weighted by molar-refractivity contribution is 0.100. The van der Waals surface area contributed by atoms with E-state index in [0.29, 0.717) is 5.56 Å². The minimum atomic E-state index is -0.197. The van der Waals surface area contributed by atoms with Gasteiger partial charge in [-0.05, 0) is 40.6 Å². The molecule has 3 aromatic carbocycles. The predicted molar refractivity (Wildman–Crippen MR) is 80.0 cm³/mol. The van der Waals surface area contributed by atoms with E-state index in [1.165, 1.54) is 17.0 Å². The lowest BCUT2D eigenvalue weighted by Crippen LogP contribution is -1.94. The van der Waals surface area contributed by atoms with Gasteiger partial charge in [0, 0.05) is 11.8 Å². The number of aliphatic imine (C=N–C) groups is 1. The minimum Gasteiger partial charge on any atom is -0.267 e. The van der Waals surface area contributed by atoms with Gasteiger partial charge in [-0.15, -0.1) is 0 Å². The second-order valence-electron chi connectivity index (χ2n) is 4.42. The maximum Gasteiger partial charge on any atom is 0.276 e. The molecule has 0 aliphatic rings. The summed E-state index contributed by atoms with van der Waals surface area (Å²) < 4.78 is 0. The van der Waals surface area contributed by atoms with E-state index in [-0.39, 0.29) is 5.91 Å². The fraction of sp³-hybridized carbons (Fsp3) is 0.0588. The fourth-order valence-corrected chi connectivity index (χ4v) is 2.34. The molecule has 0 radical (unpaired) electrons. The summed E-state index contributed by atoms with van der Waals surface area (Å²) in [5.74, 6) is -0.197. The van der Waals surface area contributed by atoms with Crippen molar-refractivity contribution in [3.8, 4) is 0 Å². The number of hydrogen-bond donors (Lipinski definition) is 0. The summed E-state index contributed by atoms with van der Waals surface area (Å²) in [5.41, 5.74) is 0.626. The average Bonchev–Trinajstić information content (AvgIpc) is 2.46. The highest BCUT2D eigenvalue weighted by molar-refractivity contribution is 6.10. The lowest BCUT2D eigenvalue weighted by Gasteiger charge is -2.05. The molecule has 0 aromatic heterocycles. The Hall–Kier alpha value is -2.48. The first kappa shape index (κ1) is 11.6. The Labute approximate surface area is 111 Å². The maximum atomic E-state index is 11.8. The van der Waals surface area contributed by atoms with E-state index in [1.807, 2.05) is 36.4 Å². The van der Waals surface area contributed by atoms with Crippen LogP contribution in [0.3, 0.4) is 0 Å². The summed E-state index contributed by atoms with van der Waals surface area (Å²) in [6.45, 7) is 1.74. The standard InChI is InChI=1S/C17H13NO/c1-2-18-17(19)14-9-10-16-13(11-14)8-7-12-5-3-4-6-15(12)16/h2-11H,1H3/b18-2+. The number of hydrogen-bond acceptors (Lipinski definition) is 1. The van der Waals surface area contributed by atoms with Crippen molar-refractivity contribution in [3.05, 3.63) is 60.2 Å². The van der Waals surface area contributed by atoms with Crippen LogP contribution < -0.4 is 0 Å². The van der Waals surface area contributed by atoms with E-state index < -0.39 is 0 Å². The number of nitrogens with zero attached hydrogens (tertiary/aromatic N) is 1. The molecule has 0 saturated heterocycles. The third-order valence-corrected chi connectivity index (χ3v) is 3.24. The smallest absolute Gasteiger partial charge is 0.267 e. The van der Waals surface area contributed by atoms with E-state index >= 15 is 0 Å². The second-order valence-corrected chi connectivity index (χ2v) is 4.42. The SMILES string of the molecule is C/C=N/C(=O)c1ccc2c(ccc3ccccc32)c1. The lowest BCUT2D eigenvalue weighted by atomic mass is 10.00. The number of amides is 1. The highest BCUT2D eigenvalue weighted by Gasteiger charge is 2.05. The molecule has 2 nitrogen and oxygen atoms in total. The Morgan fingerprint density at radius 1 is 0.947 bits per heavy atom. The zero-order chi connectivity index (χ0) is 13.2. The Morgan fingerprint density at radius 2 is 1.68 bits per heavy atom. The van der Waals surface area contributed by atoms with Crippen molar-refractivity contribution in [1.29, 1.82) is 0 Å². The van der Waals surface area contributed by atoms with Crippen LogP contribution in [0.4, 0.5) is 0 Å². The molecule has 0 N–H and O–H groups in total. The molecule has 0 atom stereocenters. The van der Waals surface area contributed by atoms with Crippen LogP contribution in [0.5, 0.6) is 0 Å². The molecular formula is C17H13NO. The van der Waals surface area contributed by atoms with Crippen LogP contribution in [0.1, 0.15) is 17.3 Å². The van der Waals surface area contributed by atoms with E-state index in [2.05, 4.69) is 23.2 Å². The van der Waals surface area contributed by atoms with Crippen molar-refractivity contribution in [1.82, 2.24) is 0 Å². The summed E-state index contributed by atoms with van der Waals surface area (Å²) in [4.78, 5) is 15.6. The molecule has 0 unspecified atom stereocenters. The van der Waals surface area contributed by atoms with E-state index in [0.717, 1.165) is 10.8 Å². The topological polar surface area (TPSA) is 29.4 Å². The fourth-order valence-electron chi connectivity index (χ4n) is 2.34. The zero-order valence-corrected chi connectivity index (χ0v) is 10.6. The first-order valence-electron chi connectivity index (χ1n) is 6.24. The van der Waals surface area contributed by atoms with Gasteiger partial charge < -0.3 is 0 Å². The van der Waals surface area contributed by atoms with Gasteiger partial charge in [0.1, 0.15) is 0 Å². The van der Waals surface area contributed by atoms with E-state index in [1.54, 1.807) is 6.92 Å². The van der Waals surface area contributed by atoms with E-state index in [4.69, 9.17) is 0 Å². The van der Waals surface area contributed by atoms with Crippen LogP contribution in [-0.2, 0) is 0 Å². The van der Waals surface area contributed by atoms with Crippen LogP contribution in [0.25, 0.3) is 21.5 Å². The number of carbonyl (C=O) groups is 1. The van der Waals surface area contributed by atoms with Gasteiger partial charge in [-0.2, -0.15) is 0 Å². The van der Waals surface area contributed by atoms with E-state index in [9.17, 15) is 4.79 Å². The molecule has 1 amide bonds. The normalized spacial score (nSPS) is 11.4. The molecule has 0 aliphatic heterocycles. The third kappa shape index (κ3) is 2.02. The highest BCUT2D eigenvalue weighted by Crippen LogP contribution is 2.26. The summed E-state index contributed by atoms with van der Waals surface area (Å²) in [7, 11) is 0. The molecule has 3 rings (SSSR count). The van der Waals surface area contributed by atoms with Gasteiger partial charge in [0.2, 0.25) is 0 Å². The number of carbonyl (C=O) groups excluding carboxylic acids is 1. The molecular weight excluding hydrogens is 234 g/mol. The number of rotatable bonds is 1. The van der Waals surface area contributed by atoms with Crippen molar-refractivity contribution < 1.29 is 4.79 Å². The minimum absolute atomic E-state index is 0.197. The molecule has 92 valence electrons. The molecule has 0 bridgehead atoms. The van der Waals surface area contributed by atoms with Gasteiger partial charge in [-0.25, -0.2) is 4.99 Å². The number of benzene rings is 3. The van der Waals surface area contributed by atoms with Gasteiger partial charge in [0.15, 0.2) is 0 Å². The van der Waals surface area contributed by atoms with Crippen LogP contribution in [-0.4, -0.2) is 12.1 Å². The Balaban J connectivity index is 2.25. The van der Waals surface area contributed by atoms with Crippen molar-refractivity contribution in [2.45, 2.75) is 6.92 Å². The quantitative estimate of drug-likeness (QED) is 0.467.